The van der Waals surface area contributed by atoms with Crippen LogP contribution in [0.3, 0.4) is 0 Å². The number of hydrogen-bond donors (Lipinski definition) is 1. The van der Waals surface area contributed by atoms with Gasteiger partial charge in [0.05, 0.1) is 5.92 Å². The third-order valence-corrected chi connectivity index (χ3v) is 3.82. The van der Waals surface area contributed by atoms with Gasteiger partial charge in [-0.05, 0) is 35.3 Å². The summed E-state index contributed by atoms with van der Waals surface area (Å²) in [6.45, 7) is 6.03. The van der Waals surface area contributed by atoms with Crippen molar-refractivity contribution in [1.29, 1.82) is 0 Å². The van der Waals surface area contributed by atoms with Crippen molar-refractivity contribution < 1.29 is 9.90 Å². The molecule has 0 aliphatic heterocycles. The van der Waals surface area contributed by atoms with Crippen LogP contribution in [0, 0.1) is 11.3 Å². The lowest BCUT2D eigenvalue weighted by Gasteiger charge is -2.36. The van der Waals surface area contributed by atoms with Crippen LogP contribution in [0.25, 0.3) is 0 Å². The molecule has 0 saturated heterocycles. The smallest absolute Gasteiger partial charge is 0.307 e. The van der Waals surface area contributed by atoms with Gasteiger partial charge in [0.2, 0.25) is 0 Å². The molecule has 92 valence electrons. The molecule has 1 N–H and O–H groups in total. The lowest BCUT2D eigenvalue weighted by Crippen LogP contribution is -2.32. The predicted molar refractivity (Wildman–Crippen MR) is 68.1 cm³/mol. The number of hydrogen-bond acceptors (Lipinski definition) is 1. The molecular weight excluding hydrogens is 212 g/mol. The second-order valence-corrected chi connectivity index (χ2v) is 6.09. The highest BCUT2D eigenvalue weighted by Crippen LogP contribution is 2.43. The van der Waals surface area contributed by atoms with Gasteiger partial charge in [-0.15, -0.1) is 0 Å². The van der Waals surface area contributed by atoms with Crippen LogP contribution in [0.1, 0.15) is 44.2 Å². The molecular formula is C15H20O2. The second-order valence-electron chi connectivity index (χ2n) is 6.09. The van der Waals surface area contributed by atoms with Gasteiger partial charge in [-0.25, -0.2) is 0 Å². The van der Waals surface area contributed by atoms with E-state index in [0.29, 0.717) is 5.92 Å². The molecule has 1 aliphatic carbocycles. The Kier molecular flexibility index (Phi) is 2.98. The lowest BCUT2D eigenvalue weighted by molar-refractivity contribution is -0.146. The monoisotopic (exact) mass is 232 g/mol. The third kappa shape index (κ3) is 2.36. The Bertz CT molecular complexity index is 429. The highest BCUT2D eigenvalue weighted by Gasteiger charge is 2.36. The number of carbonyl (C=O) groups is 1. The van der Waals surface area contributed by atoms with Crippen LogP contribution in [-0.2, 0) is 11.2 Å². The van der Waals surface area contributed by atoms with Gasteiger partial charge in [0, 0.05) is 0 Å². The molecule has 2 nitrogen and oxygen atoms in total. The van der Waals surface area contributed by atoms with E-state index in [0.717, 1.165) is 12.8 Å². The first-order chi connectivity index (χ1) is 7.89. The van der Waals surface area contributed by atoms with Crippen LogP contribution in [0.4, 0.5) is 0 Å². The lowest BCUT2D eigenvalue weighted by atomic mass is 9.68. The standard InChI is InChI=1S/C15H20O2/c1-15(2,3)13(14(16)17)9-11-8-10-6-4-5-7-12(10)11/h4-7,11,13H,8-9H2,1-3H3,(H,16,17). The van der Waals surface area contributed by atoms with Gasteiger partial charge in [0.1, 0.15) is 0 Å². The van der Waals surface area contributed by atoms with Crippen LogP contribution in [-0.4, -0.2) is 11.1 Å². The van der Waals surface area contributed by atoms with E-state index in [-0.39, 0.29) is 11.3 Å². The first-order valence-electron chi connectivity index (χ1n) is 6.20. The number of benzene rings is 1. The Hall–Kier alpha value is -1.31. The van der Waals surface area contributed by atoms with Crippen LogP contribution in [0.15, 0.2) is 24.3 Å². The van der Waals surface area contributed by atoms with Crippen molar-refractivity contribution in [2.45, 2.75) is 39.5 Å². The van der Waals surface area contributed by atoms with Crippen LogP contribution in [0.2, 0.25) is 0 Å². The predicted octanol–water partition coefficient (Wildman–Crippen LogP) is 3.46. The average Bonchev–Trinajstić information content (AvgIpc) is 2.16. The molecule has 2 atom stereocenters. The summed E-state index contributed by atoms with van der Waals surface area (Å²) in [6.07, 6.45) is 1.80. The zero-order valence-corrected chi connectivity index (χ0v) is 10.7. The SMILES string of the molecule is CC(C)(C)C(CC1Cc2ccccc21)C(=O)O. The highest BCUT2D eigenvalue weighted by atomic mass is 16.4. The van der Waals surface area contributed by atoms with Gasteiger partial charge in [0.25, 0.3) is 0 Å². The summed E-state index contributed by atoms with van der Waals surface area (Å²) in [6, 6.07) is 8.36. The number of fused-ring (bicyclic) bond motifs is 1. The Morgan fingerprint density at radius 3 is 2.59 bits per heavy atom. The number of aliphatic carboxylic acids is 1. The van der Waals surface area contributed by atoms with Gasteiger partial charge in [-0.2, -0.15) is 0 Å². The summed E-state index contributed by atoms with van der Waals surface area (Å²) in [5, 5.41) is 9.33. The molecule has 0 amide bonds. The summed E-state index contributed by atoms with van der Waals surface area (Å²) in [7, 11) is 0. The van der Waals surface area contributed by atoms with Crippen molar-refractivity contribution in [3.8, 4) is 0 Å². The maximum absolute atomic E-state index is 11.3. The highest BCUT2D eigenvalue weighted by molar-refractivity contribution is 5.71. The van der Waals surface area contributed by atoms with Crippen molar-refractivity contribution in [1.82, 2.24) is 0 Å². The Morgan fingerprint density at radius 1 is 1.41 bits per heavy atom. The van der Waals surface area contributed by atoms with Gasteiger partial charge in [0.15, 0.2) is 0 Å². The largest absolute Gasteiger partial charge is 0.481 e. The van der Waals surface area contributed by atoms with E-state index >= 15 is 0 Å². The fourth-order valence-electron chi connectivity index (χ4n) is 2.68. The molecule has 1 aliphatic rings. The van der Waals surface area contributed by atoms with Crippen molar-refractivity contribution in [3.05, 3.63) is 35.4 Å². The minimum atomic E-state index is -0.665. The van der Waals surface area contributed by atoms with Crippen LogP contribution < -0.4 is 0 Å². The number of carboxylic acids is 1. The van der Waals surface area contributed by atoms with E-state index < -0.39 is 5.97 Å². The van der Waals surface area contributed by atoms with E-state index in [2.05, 4.69) is 12.1 Å². The zero-order valence-electron chi connectivity index (χ0n) is 10.7. The minimum absolute atomic E-state index is 0.170. The Morgan fingerprint density at radius 2 is 2.06 bits per heavy atom. The Labute approximate surface area is 103 Å². The van der Waals surface area contributed by atoms with Crippen molar-refractivity contribution >= 4 is 5.97 Å². The molecule has 17 heavy (non-hydrogen) atoms. The maximum atomic E-state index is 11.3. The fraction of sp³-hybridized carbons (Fsp3) is 0.533. The fourth-order valence-corrected chi connectivity index (χ4v) is 2.68. The normalized spacial score (nSPS) is 20.3. The van der Waals surface area contributed by atoms with Gasteiger partial charge >= 0.3 is 5.97 Å². The first kappa shape index (κ1) is 12.2. The summed E-state index contributed by atoms with van der Waals surface area (Å²) in [4.78, 5) is 11.3. The molecule has 2 unspecified atom stereocenters. The molecule has 0 radical (unpaired) electrons. The first-order valence-corrected chi connectivity index (χ1v) is 6.20. The zero-order chi connectivity index (χ0) is 12.6. The summed E-state index contributed by atoms with van der Waals surface area (Å²) >= 11 is 0. The minimum Gasteiger partial charge on any atom is -0.481 e. The van der Waals surface area contributed by atoms with Crippen molar-refractivity contribution in [2.24, 2.45) is 11.3 Å². The van der Waals surface area contributed by atoms with E-state index in [1.54, 1.807) is 0 Å². The molecule has 1 aromatic rings. The van der Waals surface area contributed by atoms with E-state index in [1.165, 1.54) is 11.1 Å². The van der Waals surface area contributed by atoms with E-state index in [4.69, 9.17) is 0 Å². The van der Waals surface area contributed by atoms with Crippen LogP contribution in [0.5, 0.6) is 0 Å². The summed E-state index contributed by atoms with van der Waals surface area (Å²) < 4.78 is 0. The summed E-state index contributed by atoms with van der Waals surface area (Å²) in [5.41, 5.74) is 2.56. The summed E-state index contributed by atoms with van der Waals surface area (Å²) in [5.74, 6) is -0.491. The molecule has 0 saturated carbocycles. The molecule has 0 spiro atoms. The molecule has 0 fully saturated rings. The van der Waals surface area contributed by atoms with E-state index in [1.807, 2.05) is 32.9 Å². The van der Waals surface area contributed by atoms with Gasteiger partial charge in [-0.3, -0.25) is 4.79 Å². The molecule has 0 aromatic heterocycles. The van der Waals surface area contributed by atoms with E-state index in [9.17, 15) is 9.90 Å². The number of carboxylic acid groups (broad SMARTS) is 1. The topological polar surface area (TPSA) is 37.3 Å². The van der Waals surface area contributed by atoms with Crippen LogP contribution >= 0.6 is 0 Å². The average molecular weight is 232 g/mol. The molecule has 2 heteroatoms. The third-order valence-electron chi connectivity index (χ3n) is 3.82. The second kappa shape index (κ2) is 4.17. The van der Waals surface area contributed by atoms with Crippen molar-refractivity contribution in [2.75, 3.05) is 0 Å². The molecule has 2 rings (SSSR count). The molecule has 1 aromatic carbocycles. The number of rotatable bonds is 3. The molecule has 0 heterocycles. The molecule has 0 bridgehead atoms. The Balaban J connectivity index is 2.10. The van der Waals surface area contributed by atoms with Gasteiger partial charge in [-0.1, -0.05) is 45.0 Å². The van der Waals surface area contributed by atoms with Gasteiger partial charge < -0.3 is 5.11 Å². The van der Waals surface area contributed by atoms with Crippen molar-refractivity contribution in [3.63, 3.8) is 0 Å². The quantitative estimate of drug-likeness (QED) is 0.866. The maximum Gasteiger partial charge on any atom is 0.307 e.